The number of nitrogens with two attached hydrogens (primary N) is 4. The van der Waals surface area contributed by atoms with Crippen molar-refractivity contribution in [3.05, 3.63) is 186 Å². The number of phenolic OH excluding ortho intramolecular Hbond substituents is 2. The first-order chi connectivity index (χ1) is 51.6. The molecule has 0 saturated carbocycles. The zero-order valence-corrected chi connectivity index (χ0v) is 58.7. The first-order valence-corrected chi connectivity index (χ1v) is 34.5. The topological polar surface area (TPSA) is 579 Å². The van der Waals surface area contributed by atoms with Crippen molar-refractivity contribution in [1.82, 2.24) is 78.8 Å². The number of rotatable bonds is 23. The average molecular weight is 1490 g/mol. The highest BCUT2D eigenvalue weighted by Crippen LogP contribution is 2.21. The molecule has 108 heavy (non-hydrogen) atoms. The molecule has 1 aliphatic heterocycles. The van der Waals surface area contributed by atoms with Gasteiger partial charge < -0.3 is 107 Å². The van der Waals surface area contributed by atoms with E-state index in [0.717, 1.165) is 0 Å². The minimum absolute atomic E-state index is 0.00661. The monoisotopic (exact) mass is 1480 g/mol. The van der Waals surface area contributed by atoms with Gasteiger partial charge in [-0.15, -0.1) is 0 Å². The third-order valence-corrected chi connectivity index (χ3v) is 17.5. The number of imidazole rings is 1. The van der Waals surface area contributed by atoms with Crippen molar-refractivity contribution >= 4 is 93.7 Å². The number of H-pyrrole nitrogens is 2. The standard InChI is InChI=1S/C73H88N20O15/c1-39-63(99)88-53(29-40-11-4-2-5-12-40)69(105)93-59(72(108)87-52(62(76)98)28-43-20-24-47(95)25-21-43)37-82-65(101)58(89-64(100)49(74)27-42-18-22-46(94)23-19-42)34-61(97)85-56(32-45-36-79-38-83-45)71(107)90-54(30-41-13-6-3-7-14-41)68(104)86-51(17-10-26-80-73(77)78)66(102)91-55(31-44-35-81-50-16-9-8-15-48(44)50)70(106)92-57(33-60(75)96)67(103)84-39/h2-9,11-16,18-25,35-36,38-39,49,51-59,81,94-95H,10,17,26-34,37,74H2,1H3,(H2,75,96)(H2,76,98)(H,79,83)(H,82,101)(H,84,103)(H,85,97)(H,86,104)(H,87,108)(H,88,99)(H,89,100)(H,90,107)(H,91,102)(H,92,106)(H,93,105)(H4,77,78,80)/t39-,49-,51-,52-,53-,54+,55-,56-,57-,58+,59?/m0/s1. The van der Waals surface area contributed by atoms with E-state index in [1.54, 1.807) is 91.1 Å². The van der Waals surface area contributed by atoms with E-state index in [4.69, 9.17) is 28.3 Å². The Morgan fingerprint density at radius 2 is 1.08 bits per heavy atom. The van der Waals surface area contributed by atoms with Gasteiger partial charge in [-0.25, -0.2) is 4.98 Å². The summed E-state index contributed by atoms with van der Waals surface area (Å²) in [6, 6.07) is 16.0. The highest BCUT2D eigenvalue weighted by Gasteiger charge is 2.38. The second-order valence-electron chi connectivity index (χ2n) is 25.9. The lowest BCUT2D eigenvalue weighted by atomic mass is 10.0. The van der Waals surface area contributed by atoms with Gasteiger partial charge in [0.2, 0.25) is 76.8 Å². The van der Waals surface area contributed by atoms with Crippen LogP contribution in [-0.2, 0) is 101 Å². The fraction of sp³-hybridized carbons (Fsp3) is 0.329. The third-order valence-electron chi connectivity index (χ3n) is 17.5. The molecule has 0 bridgehead atoms. The number of carbonyl (C=O) groups is 13. The molecule has 3 heterocycles. The highest BCUT2D eigenvalue weighted by molar-refractivity contribution is 6.01. The molecule has 2 aromatic heterocycles. The maximum Gasteiger partial charge on any atom is 0.245 e. The quantitative estimate of drug-likeness (QED) is 0.0167. The van der Waals surface area contributed by atoms with Gasteiger partial charge in [0.1, 0.15) is 71.9 Å². The molecule has 35 heteroatoms. The maximum absolute atomic E-state index is 15.1. The normalized spacial score (nSPS) is 21.1. The maximum atomic E-state index is 15.1. The molecule has 1 saturated heterocycles. The lowest BCUT2D eigenvalue weighted by molar-refractivity contribution is -0.136. The number of aromatic hydroxyl groups is 2. The van der Waals surface area contributed by atoms with Crippen molar-refractivity contribution in [3.8, 4) is 11.5 Å². The largest absolute Gasteiger partial charge is 0.508 e. The molecule has 7 aromatic rings. The molecule has 0 radical (unpaired) electrons. The van der Waals surface area contributed by atoms with Crippen molar-refractivity contribution in [1.29, 1.82) is 5.41 Å². The summed E-state index contributed by atoms with van der Waals surface area (Å²) in [5, 5.41) is 59.1. The fourth-order valence-corrected chi connectivity index (χ4v) is 11.7. The Kier molecular flexibility index (Phi) is 29.1. The Hall–Kier alpha value is -13.2. The van der Waals surface area contributed by atoms with Gasteiger partial charge in [-0.2, -0.15) is 0 Å². The van der Waals surface area contributed by atoms with Crippen LogP contribution in [0, 0.1) is 5.41 Å². The fourth-order valence-electron chi connectivity index (χ4n) is 11.7. The van der Waals surface area contributed by atoms with Gasteiger partial charge in [-0.1, -0.05) is 103 Å². The first kappa shape index (κ1) is 80.5. The van der Waals surface area contributed by atoms with Crippen LogP contribution in [0.4, 0.5) is 0 Å². The molecule has 25 N–H and O–H groups in total. The summed E-state index contributed by atoms with van der Waals surface area (Å²) in [7, 11) is 0. The van der Waals surface area contributed by atoms with Crippen LogP contribution in [0.2, 0.25) is 0 Å². The van der Waals surface area contributed by atoms with E-state index in [2.05, 4.69) is 78.8 Å². The number of hydrogen-bond donors (Lipinski definition) is 21. The minimum Gasteiger partial charge on any atom is -0.508 e. The summed E-state index contributed by atoms with van der Waals surface area (Å²) in [6.07, 6.45) is 0.478. The molecule has 1 fully saturated rings. The number of fused-ring (bicyclic) bond motifs is 1. The molecule has 13 amide bonds. The van der Waals surface area contributed by atoms with E-state index in [9.17, 15) is 58.2 Å². The lowest BCUT2D eigenvalue weighted by Crippen LogP contribution is -2.62. The van der Waals surface area contributed by atoms with E-state index in [-0.39, 0.29) is 68.7 Å². The molecule has 35 nitrogen and oxygen atoms in total. The van der Waals surface area contributed by atoms with Crippen LogP contribution >= 0.6 is 0 Å². The zero-order valence-electron chi connectivity index (χ0n) is 58.7. The van der Waals surface area contributed by atoms with Crippen LogP contribution in [-0.4, -0.2) is 187 Å². The summed E-state index contributed by atoms with van der Waals surface area (Å²) in [6.45, 7) is 0.270. The Labute approximate surface area is 618 Å². The number of benzene rings is 5. The molecule has 11 atom stereocenters. The Morgan fingerprint density at radius 1 is 0.565 bits per heavy atom. The molecule has 1 aliphatic rings. The van der Waals surface area contributed by atoms with Crippen LogP contribution in [0.15, 0.2) is 152 Å². The summed E-state index contributed by atoms with van der Waals surface area (Å²) >= 11 is 0. The van der Waals surface area contributed by atoms with Crippen molar-refractivity contribution in [3.63, 3.8) is 0 Å². The van der Waals surface area contributed by atoms with Crippen LogP contribution in [0.25, 0.3) is 10.9 Å². The number of guanidine groups is 1. The molecule has 8 rings (SSSR count). The molecule has 1 unspecified atom stereocenters. The van der Waals surface area contributed by atoms with E-state index < -0.39 is 175 Å². The predicted molar refractivity (Wildman–Crippen MR) is 391 cm³/mol. The Balaban J connectivity index is 1.22. The van der Waals surface area contributed by atoms with Gasteiger partial charge in [-0.3, -0.25) is 67.7 Å². The molecular weight excluding hydrogens is 1400 g/mol. The van der Waals surface area contributed by atoms with Crippen molar-refractivity contribution < 1.29 is 72.5 Å². The first-order valence-electron chi connectivity index (χ1n) is 34.5. The summed E-state index contributed by atoms with van der Waals surface area (Å²) < 4.78 is 0. The van der Waals surface area contributed by atoms with Crippen LogP contribution < -0.4 is 86.7 Å². The number of hydrogen-bond acceptors (Lipinski definition) is 18. The van der Waals surface area contributed by atoms with Gasteiger partial charge in [-0.05, 0) is 84.3 Å². The van der Waals surface area contributed by atoms with Crippen LogP contribution in [0.1, 0.15) is 66.1 Å². The number of nitrogens with one attached hydrogen (secondary N) is 15. The molecule has 0 spiro atoms. The number of carbonyl (C=O) groups excluding carboxylic acids is 13. The smallest absolute Gasteiger partial charge is 0.245 e. The van der Waals surface area contributed by atoms with Crippen LogP contribution in [0.3, 0.4) is 0 Å². The number of aromatic nitrogens is 3. The second kappa shape index (κ2) is 39.1. The Bertz CT molecular complexity index is 4340. The van der Waals surface area contributed by atoms with Gasteiger partial charge in [0.25, 0.3) is 0 Å². The zero-order chi connectivity index (χ0) is 78.0. The SMILES string of the molecule is C[C@@H]1NC(=O)[C@H](CC(N)=O)NC(=O)[C@H](Cc2c[nH]c3ccccc23)NC(=O)[C@H](CCCNC(=N)N)NC(=O)[C@@H](Cc2ccccc2)NC(=O)[C@H](Cc2c[nH]cn2)NC(=O)C[C@@H](NC(=O)[C@@H](N)Cc2ccc(O)cc2)C(=O)NCC(C(=O)N[C@@H](Cc2ccc(O)cc2)C(N)=O)NC(=O)[C@H](Cc2ccccc2)NC1=O. The molecule has 570 valence electrons. The molecular formula is C73H88N20O15. The number of primary amides is 2. The molecule has 5 aromatic carbocycles. The van der Waals surface area contributed by atoms with Gasteiger partial charge in [0, 0.05) is 68.5 Å². The number of phenols is 2. The second-order valence-corrected chi connectivity index (χ2v) is 25.9. The summed E-state index contributed by atoms with van der Waals surface area (Å²) in [4.78, 5) is 199. The predicted octanol–water partition coefficient (Wildman–Crippen LogP) is -3.60. The molecule has 0 aliphatic carbocycles. The van der Waals surface area contributed by atoms with E-state index in [0.29, 0.717) is 38.7 Å². The van der Waals surface area contributed by atoms with Crippen molar-refractivity contribution in [2.45, 2.75) is 138 Å². The number of aromatic amines is 2. The van der Waals surface area contributed by atoms with Gasteiger partial charge >= 0.3 is 0 Å². The van der Waals surface area contributed by atoms with Gasteiger partial charge in [0.15, 0.2) is 5.96 Å². The summed E-state index contributed by atoms with van der Waals surface area (Å²) in [5.41, 5.74) is 26.6. The lowest BCUT2D eigenvalue weighted by Gasteiger charge is -2.28. The van der Waals surface area contributed by atoms with E-state index in [1.165, 1.54) is 68.0 Å². The highest BCUT2D eigenvalue weighted by atomic mass is 16.3. The number of para-hydroxylation sites is 1. The number of amides is 13. The Morgan fingerprint density at radius 3 is 1.66 bits per heavy atom. The van der Waals surface area contributed by atoms with Crippen molar-refractivity contribution in [2.75, 3.05) is 13.1 Å². The average Bonchev–Trinajstić information content (AvgIpc) is 1.63. The van der Waals surface area contributed by atoms with Gasteiger partial charge in [0.05, 0.1) is 30.9 Å². The van der Waals surface area contributed by atoms with E-state index >= 15 is 14.4 Å². The number of nitrogens with zero attached hydrogens (tertiary/aromatic N) is 1. The van der Waals surface area contributed by atoms with Crippen molar-refractivity contribution in [2.24, 2.45) is 22.9 Å². The third kappa shape index (κ3) is 24.7. The van der Waals surface area contributed by atoms with E-state index in [1.807, 2.05) is 0 Å². The van der Waals surface area contributed by atoms with Crippen LogP contribution in [0.5, 0.6) is 11.5 Å². The minimum atomic E-state index is -1.96. The summed E-state index contributed by atoms with van der Waals surface area (Å²) in [5.74, 6) is -14.7.